The van der Waals surface area contributed by atoms with E-state index < -0.39 is 38.1 Å². The molecule has 0 aromatic heterocycles. The average molecular weight is 309 g/mol. The molecule has 0 unspecified atom stereocenters. The Morgan fingerprint density at radius 2 is 1.95 bits per heavy atom. The van der Waals surface area contributed by atoms with Gasteiger partial charge in [-0.3, -0.25) is 0 Å². The van der Waals surface area contributed by atoms with Crippen LogP contribution in [-0.4, -0.2) is 34.7 Å². The Morgan fingerprint density at radius 3 is 2.50 bits per heavy atom. The molecule has 0 bridgehead atoms. The third kappa shape index (κ3) is 4.22. The van der Waals surface area contributed by atoms with Gasteiger partial charge in [-0.1, -0.05) is 0 Å². The normalized spacial score (nSPS) is 11.4. The zero-order valence-corrected chi connectivity index (χ0v) is 11.4. The molecule has 1 rings (SSSR count). The van der Waals surface area contributed by atoms with Crippen molar-refractivity contribution in [2.45, 2.75) is 11.3 Å². The van der Waals surface area contributed by atoms with E-state index in [1.54, 1.807) is 0 Å². The summed E-state index contributed by atoms with van der Waals surface area (Å²) in [4.78, 5) is 10.8. The number of rotatable bonds is 6. The van der Waals surface area contributed by atoms with Crippen LogP contribution in [-0.2, 0) is 19.5 Å². The fourth-order valence-corrected chi connectivity index (χ4v) is 1.87. The molecule has 6 nitrogen and oxygen atoms in total. The fraction of sp³-hybridized carbons (Fsp3) is 0.364. The van der Waals surface area contributed by atoms with Gasteiger partial charge in [-0.25, -0.2) is 27.1 Å². The second-order valence-corrected chi connectivity index (χ2v) is 5.36. The molecule has 0 spiro atoms. The Morgan fingerprint density at radius 1 is 1.30 bits per heavy atom. The van der Waals surface area contributed by atoms with Crippen LogP contribution in [0.2, 0.25) is 0 Å². The Balaban J connectivity index is 2.99. The van der Waals surface area contributed by atoms with Crippen LogP contribution in [0.3, 0.4) is 0 Å². The number of hydrogen-bond acceptors (Lipinski definition) is 5. The summed E-state index contributed by atoms with van der Waals surface area (Å²) >= 11 is 0. The number of sulfonamides is 1. The SMILES string of the molecule is COCCCOC(=O)c1cc(S(N)(=O)=O)cc(F)c1F. The van der Waals surface area contributed by atoms with Gasteiger partial charge in [0, 0.05) is 20.1 Å². The van der Waals surface area contributed by atoms with Gasteiger partial charge in [0.05, 0.1) is 17.1 Å². The third-order valence-electron chi connectivity index (χ3n) is 2.28. The maximum Gasteiger partial charge on any atom is 0.341 e. The molecule has 0 aliphatic heterocycles. The van der Waals surface area contributed by atoms with Crippen molar-refractivity contribution in [3.63, 3.8) is 0 Å². The maximum absolute atomic E-state index is 13.5. The molecular formula is C11H13F2NO5S. The minimum Gasteiger partial charge on any atom is -0.462 e. The minimum atomic E-state index is -4.26. The molecule has 112 valence electrons. The lowest BCUT2D eigenvalue weighted by atomic mass is 10.2. The number of nitrogens with two attached hydrogens (primary N) is 1. The summed E-state index contributed by atoms with van der Waals surface area (Å²) in [6.07, 6.45) is 0.362. The van der Waals surface area contributed by atoms with Crippen molar-refractivity contribution in [1.82, 2.24) is 0 Å². The van der Waals surface area contributed by atoms with E-state index in [0.717, 1.165) is 0 Å². The number of carbonyl (C=O) groups excluding carboxylic acids is 1. The molecule has 20 heavy (non-hydrogen) atoms. The molecule has 0 saturated carbocycles. The largest absolute Gasteiger partial charge is 0.462 e. The van der Waals surface area contributed by atoms with Crippen molar-refractivity contribution in [3.05, 3.63) is 29.3 Å². The van der Waals surface area contributed by atoms with E-state index in [9.17, 15) is 22.0 Å². The van der Waals surface area contributed by atoms with Crippen LogP contribution >= 0.6 is 0 Å². The highest BCUT2D eigenvalue weighted by molar-refractivity contribution is 7.89. The zero-order valence-electron chi connectivity index (χ0n) is 10.6. The van der Waals surface area contributed by atoms with E-state index in [-0.39, 0.29) is 6.61 Å². The quantitative estimate of drug-likeness (QED) is 0.619. The predicted molar refractivity (Wildman–Crippen MR) is 64.5 cm³/mol. The van der Waals surface area contributed by atoms with Crippen molar-refractivity contribution in [2.24, 2.45) is 5.14 Å². The highest BCUT2D eigenvalue weighted by Gasteiger charge is 2.22. The Kier molecular flexibility index (Phi) is 5.54. The lowest BCUT2D eigenvalue weighted by Gasteiger charge is -2.07. The Labute approximate surface area is 114 Å². The summed E-state index contributed by atoms with van der Waals surface area (Å²) in [6.45, 7) is 0.245. The van der Waals surface area contributed by atoms with Gasteiger partial charge in [-0.05, 0) is 12.1 Å². The number of halogens is 2. The Hall–Kier alpha value is -1.58. The lowest BCUT2D eigenvalue weighted by molar-refractivity contribution is 0.0461. The number of hydrogen-bond donors (Lipinski definition) is 1. The lowest BCUT2D eigenvalue weighted by Crippen LogP contribution is -2.16. The topological polar surface area (TPSA) is 95.7 Å². The number of methoxy groups -OCH3 is 1. The van der Waals surface area contributed by atoms with E-state index in [1.165, 1.54) is 7.11 Å². The first-order valence-electron chi connectivity index (χ1n) is 5.45. The molecule has 0 radical (unpaired) electrons. The molecular weight excluding hydrogens is 296 g/mol. The van der Waals surface area contributed by atoms with E-state index in [0.29, 0.717) is 25.2 Å². The number of carbonyl (C=O) groups is 1. The van der Waals surface area contributed by atoms with Crippen molar-refractivity contribution >= 4 is 16.0 Å². The van der Waals surface area contributed by atoms with Crippen molar-refractivity contribution in [1.29, 1.82) is 0 Å². The first kappa shape index (κ1) is 16.5. The molecule has 0 amide bonds. The molecule has 0 atom stereocenters. The van der Waals surface area contributed by atoms with Crippen molar-refractivity contribution < 1.29 is 31.5 Å². The van der Waals surface area contributed by atoms with E-state index in [2.05, 4.69) is 4.74 Å². The first-order valence-corrected chi connectivity index (χ1v) is 7.00. The van der Waals surface area contributed by atoms with Crippen LogP contribution < -0.4 is 5.14 Å². The van der Waals surface area contributed by atoms with Gasteiger partial charge in [-0.2, -0.15) is 0 Å². The van der Waals surface area contributed by atoms with E-state index >= 15 is 0 Å². The summed E-state index contributed by atoms with van der Waals surface area (Å²) < 4.78 is 58.3. The van der Waals surface area contributed by atoms with Crippen LogP contribution in [0.4, 0.5) is 8.78 Å². The highest BCUT2D eigenvalue weighted by Crippen LogP contribution is 2.18. The maximum atomic E-state index is 13.5. The molecule has 0 aliphatic carbocycles. The summed E-state index contributed by atoms with van der Waals surface area (Å²) in [6, 6.07) is 1.03. The van der Waals surface area contributed by atoms with Gasteiger partial charge < -0.3 is 9.47 Å². The molecule has 1 aromatic rings. The van der Waals surface area contributed by atoms with Gasteiger partial charge in [0.15, 0.2) is 11.6 Å². The molecule has 0 fully saturated rings. The second kappa shape index (κ2) is 6.73. The summed E-state index contributed by atoms with van der Waals surface area (Å²) in [5.74, 6) is -4.17. The van der Waals surface area contributed by atoms with Gasteiger partial charge in [0.1, 0.15) is 0 Å². The minimum absolute atomic E-state index is 0.0761. The third-order valence-corrected chi connectivity index (χ3v) is 3.17. The monoisotopic (exact) mass is 309 g/mol. The van der Waals surface area contributed by atoms with E-state index in [1.807, 2.05) is 0 Å². The van der Waals surface area contributed by atoms with Crippen molar-refractivity contribution in [2.75, 3.05) is 20.3 Å². The number of ether oxygens (including phenoxy) is 2. The number of esters is 1. The van der Waals surface area contributed by atoms with Gasteiger partial charge in [0.25, 0.3) is 0 Å². The zero-order chi connectivity index (χ0) is 15.3. The predicted octanol–water partition coefficient (Wildman–Crippen LogP) is 0.806. The molecule has 2 N–H and O–H groups in total. The van der Waals surface area contributed by atoms with Gasteiger partial charge >= 0.3 is 5.97 Å². The van der Waals surface area contributed by atoms with E-state index in [4.69, 9.17) is 9.88 Å². The van der Waals surface area contributed by atoms with Crippen molar-refractivity contribution in [3.8, 4) is 0 Å². The molecule has 0 aliphatic rings. The molecule has 1 aromatic carbocycles. The summed E-state index contributed by atoms with van der Waals surface area (Å²) in [5, 5.41) is 4.80. The molecule has 0 heterocycles. The van der Waals surface area contributed by atoms with Crippen LogP contribution in [0.1, 0.15) is 16.8 Å². The fourth-order valence-electron chi connectivity index (χ4n) is 1.32. The summed E-state index contributed by atoms with van der Waals surface area (Å²) in [5.41, 5.74) is -0.827. The van der Waals surface area contributed by atoms with Crippen LogP contribution in [0, 0.1) is 11.6 Å². The highest BCUT2D eigenvalue weighted by atomic mass is 32.2. The molecule has 9 heteroatoms. The van der Waals surface area contributed by atoms with Gasteiger partial charge in [-0.15, -0.1) is 0 Å². The van der Waals surface area contributed by atoms with Gasteiger partial charge in [0.2, 0.25) is 10.0 Å². The van der Waals surface area contributed by atoms with Crippen LogP contribution in [0.25, 0.3) is 0 Å². The number of benzene rings is 1. The summed E-state index contributed by atoms with van der Waals surface area (Å²) in [7, 11) is -2.81. The standard InChI is InChI=1S/C11H13F2NO5S/c1-18-3-2-4-19-11(15)8-5-7(20(14,16)17)6-9(12)10(8)13/h5-6H,2-4H2,1H3,(H2,14,16,17). The smallest absolute Gasteiger partial charge is 0.341 e. The average Bonchev–Trinajstić information content (AvgIpc) is 2.36. The van der Waals surface area contributed by atoms with Crippen LogP contribution in [0.15, 0.2) is 17.0 Å². The second-order valence-electron chi connectivity index (χ2n) is 3.79. The number of primary sulfonamides is 1. The van der Waals surface area contributed by atoms with Crippen LogP contribution in [0.5, 0.6) is 0 Å². The molecule has 0 saturated heterocycles. The first-order chi connectivity index (χ1) is 9.27. The Bertz CT molecular complexity index is 603.